The molecule has 1 aromatic carbocycles. The molecular formula is C17H21N3O2. The molecule has 0 saturated carbocycles. The Kier molecular flexibility index (Phi) is 5.91. The molecule has 1 amide bonds. The highest BCUT2D eigenvalue weighted by atomic mass is 16.5. The quantitative estimate of drug-likeness (QED) is 0.771. The van der Waals surface area contributed by atoms with E-state index < -0.39 is 0 Å². The van der Waals surface area contributed by atoms with E-state index in [9.17, 15) is 4.79 Å². The van der Waals surface area contributed by atoms with Gasteiger partial charge in [-0.3, -0.25) is 4.79 Å². The van der Waals surface area contributed by atoms with Gasteiger partial charge < -0.3 is 15.4 Å². The molecule has 2 aromatic rings. The van der Waals surface area contributed by atoms with Crippen LogP contribution in [0.25, 0.3) is 0 Å². The average molecular weight is 299 g/mol. The van der Waals surface area contributed by atoms with Crippen LogP contribution >= 0.6 is 0 Å². The van der Waals surface area contributed by atoms with Crippen LogP contribution in [0.5, 0.6) is 0 Å². The summed E-state index contributed by atoms with van der Waals surface area (Å²) >= 11 is 0. The van der Waals surface area contributed by atoms with Crippen molar-refractivity contribution in [2.24, 2.45) is 0 Å². The zero-order chi connectivity index (χ0) is 15.8. The number of hydrogen-bond donors (Lipinski definition) is 2. The molecule has 2 rings (SSSR count). The van der Waals surface area contributed by atoms with E-state index in [1.165, 1.54) is 0 Å². The molecule has 22 heavy (non-hydrogen) atoms. The number of nitrogens with one attached hydrogen (secondary N) is 2. The molecular weight excluding hydrogens is 278 g/mol. The van der Waals surface area contributed by atoms with Gasteiger partial charge in [0.25, 0.3) is 5.91 Å². The number of methoxy groups -OCH3 is 1. The Bertz CT molecular complexity index is 612. The largest absolute Gasteiger partial charge is 0.385 e. The molecule has 0 atom stereocenters. The average Bonchev–Trinajstić information content (AvgIpc) is 2.53. The third-order valence-electron chi connectivity index (χ3n) is 3.24. The zero-order valence-corrected chi connectivity index (χ0v) is 12.9. The summed E-state index contributed by atoms with van der Waals surface area (Å²) in [7, 11) is 1.68. The summed E-state index contributed by atoms with van der Waals surface area (Å²) in [4.78, 5) is 16.5. The van der Waals surface area contributed by atoms with Crippen molar-refractivity contribution in [1.82, 2.24) is 4.98 Å². The standard InChI is InChI=1S/C17H21N3O2/c1-13-6-3-4-7-15(13)17(21)20-14-8-9-16(19-12-14)18-10-5-11-22-2/h3-4,6-9,12H,5,10-11H2,1-2H3,(H,18,19)(H,20,21). The van der Waals surface area contributed by atoms with Gasteiger partial charge >= 0.3 is 0 Å². The number of aromatic nitrogens is 1. The van der Waals surface area contributed by atoms with Crippen molar-refractivity contribution in [3.05, 3.63) is 53.7 Å². The van der Waals surface area contributed by atoms with Gasteiger partial charge in [0.2, 0.25) is 0 Å². The molecule has 0 fully saturated rings. The first kappa shape index (κ1) is 16.0. The molecule has 0 bridgehead atoms. The Hall–Kier alpha value is -2.40. The van der Waals surface area contributed by atoms with Crippen LogP contribution in [0.15, 0.2) is 42.6 Å². The predicted octanol–water partition coefficient (Wildman–Crippen LogP) is 3.09. The fourth-order valence-electron chi connectivity index (χ4n) is 2.03. The van der Waals surface area contributed by atoms with Crippen LogP contribution in [-0.2, 0) is 4.74 Å². The Labute approximate surface area is 130 Å². The van der Waals surface area contributed by atoms with Gasteiger partial charge in [0.1, 0.15) is 5.82 Å². The predicted molar refractivity (Wildman–Crippen MR) is 88.4 cm³/mol. The van der Waals surface area contributed by atoms with E-state index in [0.717, 1.165) is 31.0 Å². The normalized spacial score (nSPS) is 10.3. The van der Waals surface area contributed by atoms with Crippen LogP contribution in [0.3, 0.4) is 0 Å². The van der Waals surface area contributed by atoms with Gasteiger partial charge in [-0.15, -0.1) is 0 Å². The molecule has 0 saturated heterocycles. The Balaban J connectivity index is 1.91. The zero-order valence-electron chi connectivity index (χ0n) is 12.9. The molecule has 0 aliphatic heterocycles. The van der Waals surface area contributed by atoms with Crippen LogP contribution in [0.1, 0.15) is 22.3 Å². The Morgan fingerprint density at radius 1 is 1.23 bits per heavy atom. The van der Waals surface area contributed by atoms with Gasteiger partial charge in [-0.2, -0.15) is 0 Å². The van der Waals surface area contributed by atoms with Crippen molar-refractivity contribution in [2.75, 3.05) is 30.9 Å². The molecule has 5 heteroatoms. The highest BCUT2D eigenvalue weighted by Crippen LogP contribution is 2.13. The number of nitrogens with zero attached hydrogens (tertiary/aromatic N) is 1. The molecule has 2 N–H and O–H groups in total. The molecule has 0 radical (unpaired) electrons. The maximum Gasteiger partial charge on any atom is 0.255 e. The van der Waals surface area contributed by atoms with Gasteiger partial charge in [0.15, 0.2) is 0 Å². The molecule has 1 heterocycles. The number of carbonyl (C=O) groups is 1. The molecule has 5 nitrogen and oxygen atoms in total. The number of anilines is 2. The first-order valence-corrected chi connectivity index (χ1v) is 7.26. The van der Waals surface area contributed by atoms with Crippen LogP contribution in [0.2, 0.25) is 0 Å². The lowest BCUT2D eigenvalue weighted by Crippen LogP contribution is -2.13. The van der Waals surface area contributed by atoms with Crippen LogP contribution in [0.4, 0.5) is 11.5 Å². The number of aryl methyl sites for hydroxylation is 1. The van der Waals surface area contributed by atoms with E-state index in [1.807, 2.05) is 43.3 Å². The minimum absolute atomic E-state index is 0.124. The van der Waals surface area contributed by atoms with E-state index >= 15 is 0 Å². The second-order valence-electron chi connectivity index (χ2n) is 4.97. The molecule has 1 aromatic heterocycles. The minimum Gasteiger partial charge on any atom is -0.385 e. The van der Waals surface area contributed by atoms with Crippen LogP contribution in [0, 0.1) is 6.92 Å². The van der Waals surface area contributed by atoms with Gasteiger partial charge in [-0.1, -0.05) is 18.2 Å². The van der Waals surface area contributed by atoms with E-state index in [4.69, 9.17) is 4.74 Å². The van der Waals surface area contributed by atoms with E-state index in [-0.39, 0.29) is 5.91 Å². The molecule has 0 spiro atoms. The second-order valence-corrected chi connectivity index (χ2v) is 4.97. The number of pyridine rings is 1. The van der Waals surface area contributed by atoms with Crippen molar-refractivity contribution >= 4 is 17.4 Å². The van der Waals surface area contributed by atoms with E-state index in [2.05, 4.69) is 15.6 Å². The molecule has 116 valence electrons. The number of benzene rings is 1. The van der Waals surface area contributed by atoms with E-state index in [1.54, 1.807) is 13.3 Å². The summed E-state index contributed by atoms with van der Waals surface area (Å²) in [5, 5.41) is 6.05. The summed E-state index contributed by atoms with van der Waals surface area (Å²) < 4.78 is 4.99. The number of ether oxygens (including phenoxy) is 1. The number of hydrogen-bond acceptors (Lipinski definition) is 4. The van der Waals surface area contributed by atoms with E-state index in [0.29, 0.717) is 11.3 Å². The monoisotopic (exact) mass is 299 g/mol. The summed E-state index contributed by atoms with van der Waals surface area (Å²) in [6, 6.07) is 11.2. The minimum atomic E-state index is -0.124. The summed E-state index contributed by atoms with van der Waals surface area (Å²) in [5.74, 6) is 0.658. The van der Waals surface area contributed by atoms with Crippen LogP contribution in [-0.4, -0.2) is 31.2 Å². The van der Waals surface area contributed by atoms with Crippen molar-refractivity contribution in [3.63, 3.8) is 0 Å². The van der Waals surface area contributed by atoms with Gasteiger partial charge in [-0.05, 0) is 37.1 Å². The molecule has 0 aliphatic rings. The van der Waals surface area contributed by atoms with Gasteiger partial charge in [-0.25, -0.2) is 4.98 Å². The topological polar surface area (TPSA) is 63.2 Å². The SMILES string of the molecule is COCCCNc1ccc(NC(=O)c2ccccc2C)cn1. The van der Waals surface area contributed by atoms with Crippen molar-refractivity contribution < 1.29 is 9.53 Å². The fourth-order valence-corrected chi connectivity index (χ4v) is 2.03. The Morgan fingerprint density at radius 3 is 2.73 bits per heavy atom. The van der Waals surface area contributed by atoms with Crippen LogP contribution < -0.4 is 10.6 Å². The maximum absolute atomic E-state index is 12.2. The van der Waals surface area contributed by atoms with Gasteiger partial charge in [0, 0.05) is 25.8 Å². The number of rotatable bonds is 7. The third-order valence-corrected chi connectivity index (χ3v) is 3.24. The van der Waals surface area contributed by atoms with Gasteiger partial charge in [0.05, 0.1) is 11.9 Å². The lowest BCUT2D eigenvalue weighted by molar-refractivity contribution is 0.102. The molecule has 0 aliphatic carbocycles. The van der Waals surface area contributed by atoms with Crippen molar-refractivity contribution in [3.8, 4) is 0 Å². The number of amides is 1. The summed E-state index contributed by atoms with van der Waals surface area (Å²) in [5.41, 5.74) is 2.30. The highest BCUT2D eigenvalue weighted by molar-refractivity contribution is 6.05. The third kappa shape index (κ3) is 4.56. The molecule has 0 unspecified atom stereocenters. The lowest BCUT2D eigenvalue weighted by atomic mass is 10.1. The Morgan fingerprint density at radius 2 is 2.05 bits per heavy atom. The lowest BCUT2D eigenvalue weighted by Gasteiger charge is -2.09. The smallest absolute Gasteiger partial charge is 0.255 e. The summed E-state index contributed by atoms with van der Waals surface area (Å²) in [6.07, 6.45) is 2.57. The number of carbonyl (C=O) groups excluding carboxylic acids is 1. The first-order chi connectivity index (χ1) is 10.7. The fraction of sp³-hybridized carbons (Fsp3) is 0.294. The summed E-state index contributed by atoms with van der Waals surface area (Å²) in [6.45, 7) is 3.44. The van der Waals surface area contributed by atoms with Crippen molar-refractivity contribution in [1.29, 1.82) is 0 Å². The second kappa shape index (κ2) is 8.14. The van der Waals surface area contributed by atoms with Crippen molar-refractivity contribution in [2.45, 2.75) is 13.3 Å². The highest BCUT2D eigenvalue weighted by Gasteiger charge is 2.08. The first-order valence-electron chi connectivity index (χ1n) is 7.26. The maximum atomic E-state index is 12.2.